The van der Waals surface area contributed by atoms with Crippen LogP contribution in [0.15, 0.2) is 47.3 Å². The number of hydrogen-bond acceptors (Lipinski definition) is 3. The van der Waals surface area contributed by atoms with Crippen LogP contribution < -0.4 is 10.3 Å². The van der Waals surface area contributed by atoms with E-state index in [0.717, 1.165) is 12.8 Å². The highest BCUT2D eigenvalue weighted by Crippen LogP contribution is 2.40. The van der Waals surface area contributed by atoms with Gasteiger partial charge >= 0.3 is 0 Å². The SMILES string of the molecule is N#Cc1c(-c2cccc(F)c2)c2cc(OCC3CC3)ccc2c(=O)n1C1CC1. The molecule has 0 amide bonds. The summed E-state index contributed by atoms with van der Waals surface area (Å²) in [5.41, 5.74) is 1.32. The van der Waals surface area contributed by atoms with Crippen molar-refractivity contribution in [3.05, 3.63) is 64.3 Å². The van der Waals surface area contributed by atoms with Crippen LogP contribution >= 0.6 is 0 Å². The summed E-state index contributed by atoms with van der Waals surface area (Å²) in [5.74, 6) is 0.903. The molecule has 0 bridgehead atoms. The van der Waals surface area contributed by atoms with Crippen molar-refractivity contribution in [2.24, 2.45) is 5.92 Å². The molecule has 1 heterocycles. The number of nitrogens with zero attached hydrogens (tertiary/aromatic N) is 2. The molecule has 5 heteroatoms. The van der Waals surface area contributed by atoms with Crippen molar-refractivity contribution in [2.45, 2.75) is 31.7 Å². The van der Waals surface area contributed by atoms with Gasteiger partial charge in [0.1, 0.15) is 23.3 Å². The average molecular weight is 374 g/mol. The van der Waals surface area contributed by atoms with Gasteiger partial charge in [-0.05, 0) is 67.5 Å². The second kappa shape index (κ2) is 6.49. The Labute approximate surface area is 161 Å². The first-order valence-corrected chi connectivity index (χ1v) is 9.67. The summed E-state index contributed by atoms with van der Waals surface area (Å²) >= 11 is 0. The smallest absolute Gasteiger partial charge is 0.259 e. The molecular formula is C23H19FN2O2. The fourth-order valence-electron chi connectivity index (χ4n) is 3.71. The lowest BCUT2D eigenvalue weighted by molar-refractivity contribution is 0.300. The number of benzene rings is 2. The Bertz CT molecular complexity index is 1180. The van der Waals surface area contributed by atoms with E-state index >= 15 is 0 Å². The van der Waals surface area contributed by atoms with Gasteiger partial charge in [-0.2, -0.15) is 5.26 Å². The summed E-state index contributed by atoms with van der Waals surface area (Å²) in [5, 5.41) is 11.1. The molecule has 2 fully saturated rings. The first kappa shape index (κ1) is 17.0. The normalized spacial score (nSPS) is 16.1. The Morgan fingerprint density at radius 2 is 1.93 bits per heavy atom. The van der Waals surface area contributed by atoms with Crippen LogP contribution in [-0.4, -0.2) is 11.2 Å². The standard InChI is InChI=1S/C23H19FN2O2/c24-16-3-1-2-15(10-16)22-20-11-18(28-13-14-4-5-14)8-9-19(20)23(27)26(17-6-7-17)21(22)12-25/h1-3,8-11,14,17H,4-7,13H2. The van der Waals surface area contributed by atoms with Crippen molar-refractivity contribution in [2.75, 3.05) is 6.61 Å². The van der Waals surface area contributed by atoms with Gasteiger partial charge < -0.3 is 4.74 Å². The minimum atomic E-state index is -0.375. The van der Waals surface area contributed by atoms with Gasteiger partial charge in [0.2, 0.25) is 0 Å². The van der Waals surface area contributed by atoms with Gasteiger partial charge in [-0.25, -0.2) is 4.39 Å². The molecule has 0 spiro atoms. The average Bonchev–Trinajstić information content (AvgIpc) is 3.60. The number of hydrogen-bond donors (Lipinski definition) is 0. The van der Waals surface area contributed by atoms with Crippen LogP contribution in [-0.2, 0) is 0 Å². The third-order valence-corrected chi connectivity index (χ3v) is 5.50. The molecule has 0 unspecified atom stereocenters. The maximum absolute atomic E-state index is 14.0. The largest absolute Gasteiger partial charge is 0.493 e. The maximum Gasteiger partial charge on any atom is 0.259 e. The number of pyridine rings is 1. The first-order valence-electron chi connectivity index (χ1n) is 9.67. The molecule has 3 aromatic rings. The van der Waals surface area contributed by atoms with Crippen LogP contribution in [0.2, 0.25) is 0 Å². The predicted molar refractivity (Wildman–Crippen MR) is 105 cm³/mol. The molecule has 0 radical (unpaired) electrons. The molecule has 28 heavy (non-hydrogen) atoms. The Kier molecular flexibility index (Phi) is 3.94. The number of halogens is 1. The molecule has 0 N–H and O–H groups in total. The third kappa shape index (κ3) is 2.95. The van der Waals surface area contributed by atoms with E-state index in [1.165, 1.54) is 25.0 Å². The molecule has 0 atom stereocenters. The fourth-order valence-corrected chi connectivity index (χ4v) is 3.71. The highest BCUT2D eigenvalue weighted by Gasteiger charge is 2.30. The zero-order chi connectivity index (χ0) is 19.3. The highest BCUT2D eigenvalue weighted by atomic mass is 19.1. The predicted octanol–water partition coefficient (Wildman–Crippen LogP) is 4.80. The summed E-state index contributed by atoms with van der Waals surface area (Å²) in [6, 6.07) is 13.8. The minimum absolute atomic E-state index is 0.0460. The van der Waals surface area contributed by atoms with Crippen LogP contribution in [0.3, 0.4) is 0 Å². The number of fused-ring (bicyclic) bond motifs is 1. The van der Waals surface area contributed by atoms with Gasteiger partial charge in [0.25, 0.3) is 5.56 Å². The molecule has 2 aliphatic rings. The second-order valence-electron chi connectivity index (χ2n) is 7.71. The van der Waals surface area contributed by atoms with Crippen molar-refractivity contribution >= 4 is 10.8 Å². The molecule has 2 saturated carbocycles. The highest BCUT2D eigenvalue weighted by molar-refractivity contribution is 5.99. The number of rotatable bonds is 5. The Morgan fingerprint density at radius 3 is 2.61 bits per heavy atom. The van der Waals surface area contributed by atoms with E-state index in [-0.39, 0.29) is 17.4 Å². The van der Waals surface area contributed by atoms with Crippen LogP contribution in [0.4, 0.5) is 4.39 Å². The van der Waals surface area contributed by atoms with E-state index in [0.29, 0.717) is 45.9 Å². The third-order valence-electron chi connectivity index (χ3n) is 5.50. The Morgan fingerprint density at radius 1 is 1.11 bits per heavy atom. The molecule has 0 saturated heterocycles. The van der Waals surface area contributed by atoms with Crippen LogP contribution in [0, 0.1) is 23.1 Å². The summed E-state index contributed by atoms with van der Waals surface area (Å²) in [6.07, 6.45) is 4.14. The van der Waals surface area contributed by atoms with Gasteiger partial charge in [-0.15, -0.1) is 0 Å². The lowest BCUT2D eigenvalue weighted by Crippen LogP contribution is -2.23. The summed E-state index contributed by atoms with van der Waals surface area (Å²) in [4.78, 5) is 13.1. The molecule has 2 aromatic carbocycles. The van der Waals surface area contributed by atoms with E-state index in [1.807, 2.05) is 12.1 Å². The summed E-state index contributed by atoms with van der Waals surface area (Å²) in [6.45, 7) is 0.658. The fraction of sp³-hybridized carbons (Fsp3) is 0.304. The van der Waals surface area contributed by atoms with Crippen molar-refractivity contribution < 1.29 is 9.13 Å². The van der Waals surface area contributed by atoms with Crippen molar-refractivity contribution in [1.29, 1.82) is 5.26 Å². The maximum atomic E-state index is 14.0. The van der Waals surface area contributed by atoms with E-state index < -0.39 is 0 Å². The molecule has 1 aromatic heterocycles. The summed E-state index contributed by atoms with van der Waals surface area (Å²) in [7, 11) is 0. The first-order chi connectivity index (χ1) is 13.7. The minimum Gasteiger partial charge on any atom is -0.493 e. The monoisotopic (exact) mass is 374 g/mol. The topological polar surface area (TPSA) is 55.0 Å². The van der Waals surface area contributed by atoms with E-state index in [4.69, 9.17) is 4.74 Å². The zero-order valence-electron chi connectivity index (χ0n) is 15.3. The van der Waals surface area contributed by atoms with E-state index in [2.05, 4.69) is 6.07 Å². The second-order valence-corrected chi connectivity index (χ2v) is 7.71. The molecule has 4 nitrogen and oxygen atoms in total. The van der Waals surface area contributed by atoms with E-state index in [1.54, 1.807) is 22.8 Å². The number of ether oxygens (including phenoxy) is 1. The molecular weight excluding hydrogens is 355 g/mol. The molecule has 0 aliphatic heterocycles. The van der Waals surface area contributed by atoms with Gasteiger partial charge in [0.05, 0.1) is 6.61 Å². The molecule has 2 aliphatic carbocycles. The Balaban J connectivity index is 1.78. The molecule has 5 rings (SSSR count). The Hall–Kier alpha value is -3.13. The van der Waals surface area contributed by atoms with Gasteiger partial charge in [-0.3, -0.25) is 9.36 Å². The van der Waals surface area contributed by atoms with Crippen LogP contribution in [0.1, 0.15) is 37.4 Å². The summed E-state index contributed by atoms with van der Waals surface area (Å²) < 4.78 is 21.4. The van der Waals surface area contributed by atoms with E-state index in [9.17, 15) is 14.4 Å². The van der Waals surface area contributed by atoms with Gasteiger partial charge in [-0.1, -0.05) is 12.1 Å². The van der Waals surface area contributed by atoms with Crippen LogP contribution in [0.5, 0.6) is 5.75 Å². The number of aromatic nitrogens is 1. The number of nitriles is 1. The lowest BCUT2D eigenvalue weighted by atomic mass is 9.96. The quantitative estimate of drug-likeness (QED) is 0.644. The van der Waals surface area contributed by atoms with Crippen LogP contribution in [0.25, 0.3) is 21.9 Å². The van der Waals surface area contributed by atoms with Gasteiger partial charge in [0, 0.05) is 22.4 Å². The van der Waals surface area contributed by atoms with Crippen molar-refractivity contribution in [1.82, 2.24) is 4.57 Å². The van der Waals surface area contributed by atoms with Gasteiger partial charge in [0.15, 0.2) is 0 Å². The van der Waals surface area contributed by atoms with Crippen molar-refractivity contribution in [3.8, 4) is 22.9 Å². The molecule has 140 valence electrons. The lowest BCUT2D eigenvalue weighted by Gasteiger charge is -2.16. The zero-order valence-corrected chi connectivity index (χ0v) is 15.3. The van der Waals surface area contributed by atoms with Crippen molar-refractivity contribution in [3.63, 3.8) is 0 Å².